The highest BCUT2D eigenvalue weighted by atomic mass is 32.1. The minimum absolute atomic E-state index is 0.130. The lowest BCUT2D eigenvalue weighted by atomic mass is 10.3. The van der Waals surface area contributed by atoms with Crippen molar-refractivity contribution in [3.05, 3.63) is 46.4 Å². The molecule has 1 aromatic carbocycles. The molecule has 2 nitrogen and oxygen atoms in total. The van der Waals surface area contributed by atoms with Crippen molar-refractivity contribution in [3.63, 3.8) is 0 Å². The van der Waals surface area contributed by atoms with Gasteiger partial charge in [-0.15, -0.1) is 11.3 Å². The average molecular weight is 223 g/mol. The van der Waals surface area contributed by atoms with E-state index in [1.165, 1.54) is 6.07 Å². The number of anilines is 1. The van der Waals surface area contributed by atoms with E-state index < -0.39 is 5.82 Å². The molecule has 1 heterocycles. The first kappa shape index (κ1) is 9.98. The Bertz CT molecular complexity index is 422. The Labute approximate surface area is 91.1 Å². The summed E-state index contributed by atoms with van der Waals surface area (Å²) in [6.45, 7) is 0.350. The molecule has 0 saturated carbocycles. The third kappa shape index (κ3) is 2.27. The van der Waals surface area contributed by atoms with Crippen molar-refractivity contribution in [1.82, 2.24) is 0 Å². The van der Waals surface area contributed by atoms with E-state index >= 15 is 0 Å². The Kier molecular flexibility index (Phi) is 2.87. The summed E-state index contributed by atoms with van der Waals surface area (Å²) < 4.78 is 18.6. The molecular weight excluding hydrogens is 213 g/mol. The molecule has 0 spiro atoms. The Hall–Kier alpha value is -1.55. The van der Waals surface area contributed by atoms with Crippen LogP contribution in [-0.4, -0.2) is 0 Å². The van der Waals surface area contributed by atoms with Gasteiger partial charge in [0.1, 0.15) is 6.61 Å². The number of hydrogen-bond acceptors (Lipinski definition) is 3. The van der Waals surface area contributed by atoms with Gasteiger partial charge in [-0.1, -0.05) is 12.1 Å². The first-order valence-corrected chi connectivity index (χ1v) is 5.34. The summed E-state index contributed by atoms with van der Waals surface area (Å²) in [5.74, 6) is -0.294. The maximum absolute atomic E-state index is 13.3. The van der Waals surface area contributed by atoms with Gasteiger partial charge in [-0.25, -0.2) is 4.39 Å². The van der Waals surface area contributed by atoms with Crippen LogP contribution in [0, 0.1) is 5.82 Å². The summed E-state index contributed by atoms with van der Waals surface area (Å²) in [6, 6.07) is 8.37. The number of hydrogen-bond donors (Lipinski definition) is 1. The monoisotopic (exact) mass is 223 g/mol. The van der Waals surface area contributed by atoms with E-state index in [0.29, 0.717) is 12.3 Å². The highest BCUT2D eigenvalue weighted by Crippen LogP contribution is 2.26. The molecule has 0 atom stereocenters. The number of nitrogen functional groups attached to an aromatic ring is 1. The Morgan fingerprint density at radius 1 is 1.27 bits per heavy atom. The van der Waals surface area contributed by atoms with E-state index in [1.807, 2.05) is 17.5 Å². The highest BCUT2D eigenvalue weighted by molar-refractivity contribution is 7.09. The number of halogens is 1. The second kappa shape index (κ2) is 4.31. The van der Waals surface area contributed by atoms with Gasteiger partial charge in [-0.3, -0.25) is 0 Å². The molecule has 15 heavy (non-hydrogen) atoms. The molecular formula is C11H10FNOS. The van der Waals surface area contributed by atoms with Crippen LogP contribution in [0.4, 0.5) is 10.1 Å². The second-order valence-corrected chi connectivity index (χ2v) is 4.06. The normalized spacial score (nSPS) is 10.2. The van der Waals surface area contributed by atoms with Crippen LogP contribution in [0.3, 0.4) is 0 Å². The lowest BCUT2D eigenvalue weighted by Gasteiger charge is -2.08. The van der Waals surface area contributed by atoms with Crippen LogP contribution < -0.4 is 10.5 Å². The third-order valence-electron chi connectivity index (χ3n) is 1.94. The van der Waals surface area contributed by atoms with Gasteiger partial charge >= 0.3 is 0 Å². The van der Waals surface area contributed by atoms with Crippen LogP contribution in [0.25, 0.3) is 0 Å². The molecule has 4 heteroatoms. The molecule has 0 aliphatic rings. The molecule has 0 radical (unpaired) electrons. The maximum Gasteiger partial charge on any atom is 0.178 e. The first-order chi connectivity index (χ1) is 7.27. The van der Waals surface area contributed by atoms with Crippen LogP contribution in [-0.2, 0) is 6.61 Å². The van der Waals surface area contributed by atoms with Gasteiger partial charge in [-0.05, 0) is 23.6 Å². The van der Waals surface area contributed by atoms with Crippen molar-refractivity contribution in [2.75, 3.05) is 5.73 Å². The van der Waals surface area contributed by atoms with Crippen LogP contribution in [0.2, 0.25) is 0 Å². The predicted octanol–water partition coefficient (Wildman–Crippen LogP) is 3.05. The molecule has 0 saturated heterocycles. The fourth-order valence-electron chi connectivity index (χ4n) is 1.22. The summed E-state index contributed by atoms with van der Waals surface area (Å²) in [4.78, 5) is 1.04. The Balaban J connectivity index is 2.11. The van der Waals surface area contributed by atoms with Crippen molar-refractivity contribution in [2.24, 2.45) is 0 Å². The molecule has 0 amide bonds. The van der Waals surface area contributed by atoms with E-state index in [-0.39, 0.29) is 5.75 Å². The van der Waals surface area contributed by atoms with Crippen molar-refractivity contribution >= 4 is 17.0 Å². The number of para-hydroxylation sites is 1. The SMILES string of the molecule is Nc1cccc(F)c1OCc1cccs1. The zero-order valence-electron chi connectivity index (χ0n) is 7.94. The largest absolute Gasteiger partial charge is 0.483 e. The zero-order valence-corrected chi connectivity index (χ0v) is 8.76. The van der Waals surface area contributed by atoms with Crippen molar-refractivity contribution in [1.29, 1.82) is 0 Å². The summed E-state index contributed by atoms with van der Waals surface area (Å²) in [5, 5.41) is 1.95. The standard InChI is InChI=1S/C11H10FNOS/c12-9-4-1-5-10(13)11(9)14-7-8-3-2-6-15-8/h1-6H,7,13H2. The molecule has 2 N–H and O–H groups in total. The van der Waals surface area contributed by atoms with Gasteiger partial charge in [0.2, 0.25) is 0 Å². The molecule has 0 aliphatic carbocycles. The molecule has 78 valence electrons. The zero-order chi connectivity index (χ0) is 10.7. The second-order valence-electron chi connectivity index (χ2n) is 3.03. The minimum Gasteiger partial charge on any atom is -0.483 e. The number of ether oxygens (including phenoxy) is 1. The van der Waals surface area contributed by atoms with Crippen molar-refractivity contribution in [2.45, 2.75) is 6.61 Å². The predicted molar refractivity (Wildman–Crippen MR) is 59.5 cm³/mol. The molecule has 1 aromatic heterocycles. The van der Waals surface area contributed by atoms with Crippen molar-refractivity contribution < 1.29 is 9.13 Å². The summed E-state index contributed by atoms with van der Waals surface area (Å²) in [7, 11) is 0. The van der Waals surface area contributed by atoms with Crippen LogP contribution in [0.15, 0.2) is 35.7 Å². The topological polar surface area (TPSA) is 35.2 Å². The fourth-order valence-corrected chi connectivity index (χ4v) is 1.83. The van der Waals surface area contributed by atoms with Gasteiger partial charge in [-0.2, -0.15) is 0 Å². The van der Waals surface area contributed by atoms with E-state index in [2.05, 4.69) is 0 Å². The number of rotatable bonds is 3. The molecule has 0 aliphatic heterocycles. The van der Waals surface area contributed by atoms with Gasteiger partial charge in [0.05, 0.1) is 5.69 Å². The first-order valence-electron chi connectivity index (χ1n) is 4.46. The van der Waals surface area contributed by atoms with Gasteiger partial charge in [0, 0.05) is 4.88 Å². The Morgan fingerprint density at radius 2 is 2.13 bits per heavy atom. The van der Waals surface area contributed by atoms with Crippen LogP contribution in [0.5, 0.6) is 5.75 Å². The average Bonchev–Trinajstić information content (AvgIpc) is 2.70. The molecule has 0 fully saturated rings. The Morgan fingerprint density at radius 3 is 2.80 bits per heavy atom. The van der Waals surface area contributed by atoms with Crippen LogP contribution in [0.1, 0.15) is 4.88 Å². The lowest BCUT2D eigenvalue weighted by Crippen LogP contribution is -1.99. The molecule has 2 rings (SSSR count). The van der Waals surface area contributed by atoms with Crippen molar-refractivity contribution in [3.8, 4) is 5.75 Å². The summed E-state index contributed by atoms with van der Waals surface area (Å²) >= 11 is 1.57. The third-order valence-corrected chi connectivity index (χ3v) is 2.79. The van der Waals surface area contributed by atoms with E-state index in [1.54, 1.807) is 23.5 Å². The molecule has 0 bridgehead atoms. The molecule has 2 aromatic rings. The fraction of sp³-hybridized carbons (Fsp3) is 0.0909. The number of nitrogens with two attached hydrogens (primary N) is 1. The number of benzene rings is 1. The minimum atomic E-state index is -0.424. The maximum atomic E-state index is 13.3. The van der Waals surface area contributed by atoms with E-state index in [9.17, 15) is 4.39 Å². The van der Waals surface area contributed by atoms with E-state index in [0.717, 1.165) is 4.88 Å². The number of thiophene rings is 1. The summed E-state index contributed by atoms with van der Waals surface area (Å²) in [6.07, 6.45) is 0. The van der Waals surface area contributed by atoms with E-state index in [4.69, 9.17) is 10.5 Å². The van der Waals surface area contributed by atoms with Gasteiger partial charge in [0.25, 0.3) is 0 Å². The quantitative estimate of drug-likeness (QED) is 0.812. The van der Waals surface area contributed by atoms with Gasteiger partial charge < -0.3 is 10.5 Å². The summed E-state index contributed by atoms with van der Waals surface area (Å²) in [5.41, 5.74) is 5.92. The smallest absolute Gasteiger partial charge is 0.178 e. The lowest BCUT2D eigenvalue weighted by molar-refractivity contribution is 0.295. The van der Waals surface area contributed by atoms with Gasteiger partial charge in [0.15, 0.2) is 11.6 Å². The van der Waals surface area contributed by atoms with Crippen LogP contribution >= 0.6 is 11.3 Å². The highest BCUT2D eigenvalue weighted by Gasteiger charge is 2.07. The molecule has 0 unspecified atom stereocenters.